The van der Waals surface area contributed by atoms with Crippen LogP contribution in [0.15, 0.2) is 15.4 Å². The van der Waals surface area contributed by atoms with Crippen LogP contribution in [0.3, 0.4) is 0 Å². The van der Waals surface area contributed by atoms with Gasteiger partial charge < -0.3 is 18.7 Å². The third kappa shape index (κ3) is 3.93. The summed E-state index contributed by atoms with van der Waals surface area (Å²) in [4.78, 5) is 27.2. The van der Waals surface area contributed by atoms with Crippen molar-refractivity contribution in [1.82, 2.24) is 29.7 Å². The molecule has 1 N–H and O–H groups in total. The predicted molar refractivity (Wildman–Crippen MR) is 94.5 cm³/mol. The Kier molecular flexibility index (Phi) is 5.30. The number of methoxy groups -OCH3 is 1. The molecule has 2 aliphatic rings. The lowest BCUT2D eigenvalue weighted by Crippen LogP contribution is -2.52. The molecule has 0 radical (unpaired) electrons. The third-order valence-electron chi connectivity index (χ3n) is 5.62. The molecule has 0 aromatic carbocycles. The Balaban J connectivity index is 1.49. The highest BCUT2D eigenvalue weighted by Gasteiger charge is 2.40. The fourth-order valence-electron chi connectivity index (χ4n) is 4.21. The number of carbonyl (C=O) groups excluding carboxylic acids is 1. The second-order valence-electron chi connectivity index (χ2n) is 7.48. The summed E-state index contributed by atoms with van der Waals surface area (Å²) in [7, 11) is 1.30. The van der Waals surface area contributed by atoms with Gasteiger partial charge in [0.2, 0.25) is 5.82 Å². The van der Waals surface area contributed by atoms with Crippen molar-refractivity contribution in [3.63, 3.8) is 0 Å². The molecule has 164 valence electrons. The molecule has 0 unspecified atom stereocenters. The molecule has 4 heterocycles. The Morgan fingerprint density at radius 1 is 1.33 bits per heavy atom. The lowest BCUT2D eigenvalue weighted by molar-refractivity contribution is -0.148. The molecule has 30 heavy (non-hydrogen) atoms. The van der Waals surface area contributed by atoms with Crippen molar-refractivity contribution in [2.24, 2.45) is 0 Å². The van der Waals surface area contributed by atoms with Gasteiger partial charge >= 0.3 is 12.3 Å². The summed E-state index contributed by atoms with van der Waals surface area (Å²) in [6, 6.07) is 1.14. The van der Waals surface area contributed by atoms with E-state index in [1.807, 2.05) is 4.90 Å². The monoisotopic (exact) mass is 430 g/mol. The van der Waals surface area contributed by atoms with E-state index >= 15 is 0 Å². The molecule has 13 heteroatoms. The minimum Gasteiger partial charge on any atom is -0.453 e. The topological polar surface area (TPSA) is 109 Å². The third-order valence-corrected chi connectivity index (χ3v) is 5.62. The van der Waals surface area contributed by atoms with Gasteiger partial charge in [0.25, 0.3) is 5.56 Å². The maximum absolute atomic E-state index is 13.0. The van der Waals surface area contributed by atoms with Crippen LogP contribution < -0.4 is 5.56 Å². The van der Waals surface area contributed by atoms with Gasteiger partial charge in [0, 0.05) is 44.2 Å². The second-order valence-corrected chi connectivity index (χ2v) is 7.48. The van der Waals surface area contributed by atoms with Crippen LogP contribution in [0.5, 0.6) is 0 Å². The molecule has 4 rings (SSSR count). The number of piperidine rings is 1. The van der Waals surface area contributed by atoms with Crippen molar-refractivity contribution in [3.05, 3.63) is 33.8 Å². The Labute approximate surface area is 168 Å². The number of carbonyl (C=O) groups is 1. The number of ether oxygens (including phenoxy) is 1. The fraction of sp³-hybridized carbons (Fsp3) is 0.647. The molecule has 2 aromatic rings. The molecule has 2 aliphatic heterocycles. The predicted octanol–water partition coefficient (Wildman–Crippen LogP) is 1.41. The number of hydrogen-bond donors (Lipinski definition) is 1. The molecule has 0 bridgehead atoms. The van der Waals surface area contributed by atoms with Gasteiger partial charge in [-0.15, -0.1) is 10.2 Å². The zero-order valence-corrected chi connectivity index (χ0v) is 16.2. The van der Waals surface area contributed by atoms with Crippen molar-refractivity contribution >= 4 is 6.09 Å². The average molecular weight is 430 g/mol. The number of aromatic amines is 1. The first-order valence-electron chi connectivity index (χ1n) is 9.51. The zero-order chi connectivity index (χ0) is 21.5. The zero-order valence-electron chi connectivity index (χ0n) is 16.2. The van der Waals surface area contributed by atoms with E-state index in [9.17, 15) is 22.8 Å². The van der Waals surface area contributed by atoms with Crippen LogP contribution in [0.4, 0.5) is 18.0 Å². The van der Waals surface area contributed by atoms with Gasteiger partial charge in [-0.1, -0.05) is 0 Å². The number of nitrogens with one attached hydrogen (secondary N) is 1. The first kappa shape index (κ1) is 20.4. The van der Waals surface area contributed by atoms with Crippen molar-refractivity contribution in [1.29, 1.82) is 0 Å². The van der Waals surface area contributed by atoms with E-state index in [0.29, 0.717) is 38.2 Å². The SMILES string of the molecule is COC(=O)N1CC[C@H](c2cc(=O)[nH]o2)C[C@H]1CN1CCn2c(nnc2C(F)(F)F)C1. The summed E-state index contributed by atoms with van der Waals surface area (Å²) in [6.07, 6.45) is -3.87. The van der Waals surface area contributed by atoms with Gasteiger partial charge in [-0.25, -0.2) is 4.79 Å². The molecule has 1 fully saturated rings. The van der Waals surface area contributed by atoms with Gasteiger partial charge in [-0.05, 0) is 12.8 Å². The van der Waals surface area contributed by atoms with Crippen LogP contribution in [0.2, 0.25) is 0 Å². The van der Waals surface area contributed by atoms with Crippen molar-refractivity contribution < 1.29 is 27.2 Å². The van der Waals surface area contributed by atoms with Gasteiger partial charge in [0.1, 0.15) is 11.6 Å². The molecular formula is C17H21F3N6O4. The van der Waals surface area contributed by atoms with Crippen LogP contribution in [0.1, 0.15) is 36.2 Å². The van der Waals surface area contributed by atoms with E-state index in [2.05, 4.69) is 15.4 Å². The van der Waals surface area contributed by atoms with E-state index in [-0.39, 0.29) is 36.4 Å². The lowest BCUT2D eigenvalue weighted by atomic mass is 9.88. The van der Waals surface area contributed by atoms with E-state index in [4.69, 9.17) is 9.26 Å². The van der Waals surface area contributed by atoms with E-state index in [1.165, 1.54) is 13.2 Å². The number of H-pyrrole nitrogens is 1. The number of nitrogens with zero attached hydrogens (tertiary/aromatic N) is 5. The Morgan fingerprint density at radius 2 is 2.13 bits per heavy atom. The van der Waals surface area contributed by atoms with Gasteiger partial charge in [-0.2, -0.15) is 18.3 Å². The number of amides is 1. The number of hydrogen-bond acceptors (Lipinski definition) is 7. The summed E-state index contributed by atoms with van der Waals surface area (Å²) < 4.78 is 50.3. The Hall–Kier alpha value is -2.83. The lowest BCUT2D eigenvalue weighted by Gasteiger charge is -2.41. The van der Waals surface area contributed by atoms with Crippen LogP contribution in [-0.4, -0.2) is 68.6 Å². The minimum atomic E-state index is -4.55. The summed E-state index contributed by atoms with van der Waals surface area (Å²) in [5.74, 6) is -0.279. The quantitative estimate of drug-likeness (QED) is 0.784. The first-order valence-corrected chi connectivity index (χ1v) is 9.51. The van der Waals surface area contributed by atoms with Crippen LogP contribution in [-0.2, 0) is 24.0 Å². The molecule has 1 amide bonds. The van der Waals surface area contributed by atoms with E-state index in [0.717, 1.165) is 4.57 Å². The maximum atomic E-state index is 13.0. The number of fused-ring (bicyclic) bond motifs is 1. The van der Waals surface area contributed by atoms with E-state index in [1.54, 1.807) is 4.90 Å². The number of likely N-dealkylation sites (tertiary alicyclic amines) is 1. The maximum Gasteiger partial charge on any atom is 0.451 e. The molecular weight excluding hydrogens is 409 g/mol. The van der Waals surface area contributed by atoms with Crippen molar-refractivity contribution in [2.45, 2.75) is 44.1 Å². The van der Waals surface area contributed by atoms with Gasteiger partial charge in [0.05, 0.1) is 13.7 Å². The molecule has 1 saturated heterocycles. The second kappa shape index (κ2) is 7.78. The van der Waals surface area contributed by atoms with Crippen molar-refractivity contribution in [2.75, 3.05) is 26.7 Å². The summed E-state index contributed by atoms with van der Waals surface area (Å²) >= 11 is 0. The van der Waals surface area contributed by atoms with Crippen LogP contribution in [0.25, 0.3) is 0 Å². The molecule has 2 atom stereocenters. The van der Waals surface area contributed by atoms with Gasteiger partial charge in [-0.3, -0.25) is 9.69 Å². The largest absolute Gasteiger partial charge is 0.453 e. The summed E-state index contributed by atoms with van der Waals surface area (Å²) in [5.41, 5.74) is -0.326. The standard InChI is InChI=1S/C17H21F3N6O4/c1-29-16(28)25-3-2-10(12-7-14(27)23-30-12)6-11(25)8-24-4-5-26-13(9-24)21-22-15(26)17(18,19)20/h7,10-11H,2-6,8-9H2,1H3,(H,23,27)/t10-,11-/m0/s1. The van der Waals surface area contributed by atoms with E-state index < -0.39 is 18.1 Å². The first-order chi connectivity index (χ1) is 14.3. The fourth-order valence-corrected chi connectivity index (χ4v) is 4.21. The minimum absolute atomic E-state index is 0.0554. The number of aromatic nitrogens is 4. The normalized spacial score (nSPS) is 22.7. The number of alkyl halides is 3. The molecule has 2 aromatic heterocycles. The molecule has 10 nitrogen and oxygen atoms in total. The van der Waals surface area contributed by atoms with Crippen molar-refractivity contribution in [3.8, 4) is 0 Å². The Morgan fingerprint density at radius 3 is 2.80 bits per heavy atom. The van der Waals surface area contributed by atoms with Gasteiger partial charge in [0.15, 0.2) is 0 Å². The molecule has 0 spiro atoms. The highest BCUT2D eigenvalue weighted by molar-refractivity contribution is 5.68. The Bertz CT molecular complexity index is 967. The summed E-state index contributed by atoms with van der Waals surface area (Å²) in [6.45, 7) is 1.51. The van der Waals surface area contributed by atoms with Crippen LogP contribution >= 0.6 is 0 Å². The highest BCUT2D eigenvalue weighted by atomic mass is 19.4. The summed E-state index contributed by atoms with van der Waals surface area (Å²) in [5, 5.41) is 9.26. The smallest absolute Gasteiger partial charge is 0.451 e. The average Bonchev–Trinajstić information content (AvgIpc) is 3.33. The number of rotatable bonds is 3. The molecule has 0 aliphatic carbocycles. The highest BCUT2D eigenvalue weighted by Crippen LogP contribution is 2.33. The molecule has 0 saturated carbocycles. The number of halogens is 3. The van der Waals surface area contributed by atoms with Crippen LogP contribution in [0, 0.1) is 0 Å².